The van der Waals surface area contributed by atoms with Crippen LogP contribution in [0.2, 0.25) is 0 Å². The summed E-state index contributed by atoms with van der Waals surface area (Å²) in [5.41, 5.74) is 0. The molecule has 1 rings (SSSR count). The van der Waals surface area contributed by atoms with E-state index >= 15 is 0 Å². The number of rotatable bonds is 1. The van der Waals surface area contributed by atoms with E-state index in [1.165, 1.54) is 19.3 Å². The van der Waals surface area contributed by atoms with Gasteiger partial charge in [-0.05, 0) is 0 Å². The predicted molar refractivity (Wildman–Crippen MR) is 81.1 cm³/mol. The topological polar surface area (TPSA) is 0 Å². The highest BCUT2D eigenvalue weighted by molar-refractivity contribution is 4.99. The fourth-order valence-corrected chi connectivity index (χ4v) is 0.385. The van der Waals surface area contributed by atoms with E-state index in [-0.39, 0.29) is 7.43 Å². The van der Waals surface area contributed by atoms with Crippen molar-refractivity contribution in [3.63, 3.8) is 0 Å². The van der Waals surface area contributed by atoms with E-state index in [2.05, 4.69) is 27.7 Å². The van der Waals surface area contributed by atoms with E-state index in [1.807, 2.05) is 50.2 Å². The zero-order valence-corrected chi connectivity index (χ0v) is 11.6. The summed E-state index contributed by atoms with van der Waals surface area (Å²) in [6.45, 7) is 12.6. The maximum atomic E-state index is 2.18. The molecule has 0 amide bonds. The Balaban J connectivity index is -0.0000000645. The van der Waals surface area contributed by atoms with Gasteiger partial charge in [0.05, 0.1) is 0 Å². The van der Waals surface area contributed by atoms with Crippen LogP contribution in [0.25, 0.3) is 0 Å². The van der Waals surface area contributed by atoms with Crippen LogP contribution >= 0.6 is 0 Å². The Morgan fingerprint density at radius 2 is 0.688 bits per heavy atom. The Morgan fingerprint density at radius 1 is 0.562 bits per heavy atom. The third-order valence-electron chi connectivity index (χ3n) is 1.17. The van der Waals surface area contributed by atoms with Crippen molar-refractivity contribution >= 4 is 0 Å². The molecule has 1 aromatic rings. The van der Waals surface area contributed by atoms with E-state index in [1.54, 1.807) is 0 Å². The van der Waals surface area contributed by atoms with Crippen LogP contribution in [0.1, 0.15) is 68.2 Å². The maximum Gasteiger partial charge on any atom is -0.0564 e. The molecule has 16 heavy (non-hydrogen) atoms. The number of hydrogen-bond donors (Lipinski definition) is 0. The van der Waals surface area contributed by atoms with Crippen molar-refractivity contribution in [1.82, 2.24) is 0 Å². The Kier molecular flexibility index (Phi) is 56.2. The average molecular weight is 226 g/mol. The fourth-order valence-electron chi connectivity index (χ4n) is 0.385. The van der Waals surface area contributed by atoms with Crippen molar-refractivity contribution in [2.24, 2.45) is 0 Å². The highest BCUT2D eigenvalue weighted by atomic mass is 13.6. The molecule has 0 saturated carbocycles. The Labute approximate surface area is 105 Å². The molecule has 0 bridgehead atoms. The Morgan fingerprint density at radius 3 is 0.750 bits per heavy atom. The summed E-state index contributed by atoms with van der Waals surface area (Å²) in [4.78, 5) is 0. The molecule has 0 heterocycles. The zero-order valence-electron chi connectivity index (χ0n) is 11.6. The van der Waals surface area contributed by atoms with E-state index in [0.29, 0.717) is 0 Å². The van der Waals surface area contributed by atoms with Gasteiger partial charge in [-0.2, -0.15) is 0 Å². The highest BCUT2D eigenvalue weighted by Gasteiger charge is 1.58. The minimum absolute atomic E-state index is 0. The molecule has 0 heteroatoms. The quantitative estimate of drug-likeness (QED) is 0.508. The van der Waals surface area contributed by atoms with Crippen LogP contribution in [0.15, 0.2) is 36.4 Å². The van der Waals surface area contributed by atoms with E-state index in [4.69, 9.17) is 0 Å². The summed E-state index contributed by atoms with van der Waals surface area (Å²) in [5.74, 6) is 0. The minimum Gasteiger partial charge on any atom is -0.0776 e. The van der Waals surface area contributed by atoms with Gasteiger partial charge in [-0.25, -0.2) is 0 Å². The first-order valence-corrected chi connectivity index (χ1v) is 6.33. The zero-order chi connectivity index (χ0) is 12.4. The van der Waals surface area contributed by atoms with Crippen molar-refractivity contribution in [3.8, 4) is 0 Å². The molecule has 1 aromatic carbocycles. The second-order valence-electron chi connectivity index (χ2n) is 2.86. The first-order valence-electron chi connectivity index (χ1n) is 6.33. The van der Waals surface area contributed by atoms with Crippen molar-refractivity contribution in [2.75, 3.05) is 0 Å². The summed E-state index contributed by atoms with van der Waals surface area (Å²) >= 11 is 0. The molecule has 0 aliphatic carbocycles. The average Bonchev–Trinajstić information content (AvgIpc) is 2.35. The van der Waals surface area contributed by atoms with Crippen molar-refractivity contribution in [1.29, 1.82) is 0 Å². The molecule has 0 aliphatic heterocycles. The molecule has 0 aromatic heterocycles. The van der Waals surface area contributed by atoms with Crippen molar-refractivity contribution in [3.05, 3.63) is 36.4 Å². The molecule has 0 N–H and O–H groups in total. The van der Waals surface area contributed by atoms with Gasteiger partial charge in [0, 0.05) is 0 Å². The first-order chi connectivity index (χ1) is 7.33. The summed E-state index contributed by atoms with van der Waals surface area (Å²) < 4.78 is 0. The minimum atomic E-state index is 0. The van der Waals surface area contributed by atoms with Gasteiger partial charge in [0.25, 0.3) is 0 Å². The monoisotopic (exact) mass is 226 g/mol. The SMILES string of the molecule is C.CC.CCC.CCCC.c1ccccc1. The summed E-state index contributed by atoms with van der Waals surface area (Å²) in [7, 11) is 0. The Hall–Kier alpha value is -0.780. The molecule has 0 aliphatic rings. The molecular formula is C16H34. The van der Waals surface area contributed by atoms with Crippen LogP contribution in [-0.2, 0) is 0 Å². The van der Waals surface area contributed by atoms with Crippen LogP contribution in [0.5, 0.6) is 0 Å². The molecule has 0 radical (unpaired) electrons. The van der Waals surface area contributed by atoms with Crippen LogP contribution in [0.4, 0.5) is 0 Å². The van der Waals surface area contributed by atoms with Gasteiger partial charge in [0.1, 0.15) is 0 Å². The van der Waals surface area contributed by atoms with E-state index in [9.17, 15) is 0 Å². The number of benzene rings is 1. The van der Waals surface area contributed by atoms with Gasteiger partial charge in [-0.3, -0.25) is 0 Å². The van der Waals surface area contributed by atoms with Crippen LogP contribution < -0.4 is 0 Å². The fraction of sp³-hybridized carbons (Fsp3) is 0.625. The van der Waals surface area contributed by atoms with E-state index < -0.39 is 0 Å². The molecule has 0 saturated heterocycles. The number of unbranched alkanes of at least 4 members (excludes halogenated alkanes) is 1. The lowest BCUT2D eigenvalue weighted by Crippen LogP contribution is -1.47. The van der Waals surface area contributed by atoms with Crippen LogP contribution in [-0.4, -0.2) is 0 Å². The van der Waals surface area contributed by atoms with Gasteiger partial charge in [0.2, 0.25) is 0 Å². The molecule has 0 nitrogen and oxygen atoms in total. The normalized spacial score (nSPS) is 6.38. The third kappa shape index (κ3) is 51.0. The van der Waals surface area contributed by atoms with Gasteiger partial charge in [-0.15, -0.1) is 0 Å². The van der Waals surface area contributed by atoms with Gasteiger partial charge in [0.15, 0.2) is 0 Å². The molecule has 0 spiro atoms. The number of hydrogen-bond acceptors (Lipinski definition) is 0. The lowest BCUT2D eigenvalue weighted by atomic mass is 10.4. The summed E-state index contributed by atoms with van der Waals surface area (Å²) in [5, 5.41) is 0. The molecule has 0 atom stereocenters. The smallest absolute Gasteiger partial charge is 0.0564 e. The molecule has 0 unspecified atom stereocenters. The van der Waals surface area contributed by atoms with Crippen molar-refractivity contribution in [2.45, 2.75) is 68.2 Å². The summed E-state index contributed by atoms with van der Waals surface area (Å²) in [6, 6.07) is 12.0. The lowest BCUT2D eigenvalue weighted by Gasteiger charge is -1.69. The maximum absolute atomic E-state index is 2.18. The molecular weight excluding hydrogens is 192 g/mol. The molecule has 0 fully saturated rings. The molecule has 98 valence electrons. The first kappa shape index (κ1) is 24.4. The lowest BCUT2D eigenvalue weighted by molar-refractivity contribution is 0.886. The van der Waals surface area contributed by atoms with Crippen LogP contribution in [0, 0.1) is 0 Å². The van der Waals surface area contributed by atoms with Gasteiger partial charge < -0.3 is 0 Å². The third-order valence-corrected chi connectivity index (χ3v) is 1.17. The van der Waals surface area contributed by atoms with Gasteiger partial charge in [-0.1, -0.05) is 105 Å². The van der Waals surface area contributed by atoms with Crippen LogP contribution in [0.3, 0.4) is 0 Å². The highest BCUT2D eigenvalue weighted by Crippen LogP contribution is 1.79. The second-order valence-corrected chi connectivity index (χ2v) is 2.86. The largest absolute Gasteiger partial charge is 0.0776 e. The van der Waals surface area contributed by atoms with Crippen molar-refractivity contribution < 1.29 is 0 Å². The Bertz CT molecular complexity index is 103. The van der Waals surface area contributed by atoms with E-state index in [0.717, 1.165) is 0 Å². The standard InChI is InChI=1S/C6H6.C4H10.C3H8.C2H6.CH4/c1-2-4-6-5-3-1;1-3-4-2;1-3-2;1-2;/h1-6H;3-4H2,1-2H3;3H2,1-2H3;1-2H3;1H4. The summed E-state index contributed by atoms with van der Waals surface area (Å²) in [6.07, 6.45) is 3.89. The predicted octanol–water partition coefficient (Wildman–Crippen LogP) is 6.57. The second kappa shape index (κ2) is 36.8. The van der Waals surface area contributed by atoms with Gasteiger partial charge >= 0.3 is 0 Å².